The summed E-state index contributed by atoms with van der Waals surface area (Å²) in [7, 11) is 0. The van der Waals surface area contributed by atoms with Crippen molar-refractivity contribution in [3.63, 3.8) is 0 Å². The van der Waals surface area contributed by atoms with Crippen LogP contribution < -0.4 is 0 Å². The summed E-state index contributed by atoms with van der Waals surface area (Å²) in [6.07, 6.45) is 0. The van der Waals surface area contributed by atoms with E-state index in [1.165, 1.54) is 0 Å². The summed E-state index contributed by atoms with van der Waals surface area (Å²) in [6, 6.07) is 16.5. The lowest BCUT2D eigenvalue weighted by molar-refractivity contribution is 1.70. The van der Waals surface area contributed by atoms with Crippen molar-refractivity contribution >= 4 is 11.3 Å². The second-order valence-corrected chi connectivity index (χ2v) is 2.69. The fraction of sp³-hybridized carbons (Fsp3) is 0. The Morgan fingerprint density at radius 2 is 1.36 bits per heavy atom. The number of rotatable bonds is 0. The third-order valence-corrected chi connectivity index (χ3v) is 1.66. The zero-order chi connectivity index (χ0) is 7.78. The Labute approximate surface area is 71.1 Å². The molecule has 55 valence electrons. The summed E-state index contributed by atoms with van der Waals surface area (Å²) < 4.78 is 0. The van der Waals surface area contributed by atoms with E-state index in [0.29, 0.717) is 0 Å². The Kier molecular flexibility index (Phi) is 4.15. The van der Waals surface area contributed by atoms with Gasteiger partial charge in [0, 0.05) is 0 Å². The first-order valence-corrected chi connectivity index (χ1v) is 4.32. The van der Waals surface area contributed by atoms with Crippen molar-refractivity contribution in [3.05, 3.63) is 59.3 Å². The minimum atomic E-state index is 1.71. The molecule has 1 aromatic heterocycles. The SMILES string of the molecule is [c]1ccccc1.c1ccsc1. The van der Waals surface area contributed by atoms with Gasteiger partial charge in [-0.1, -0.05) is 42.5 Å². The maximum absolute atomic E-state index is 2.89. The lowest BCUT2D eigenvalue weighted by atomic mass is 10.4. The predicted molar refractivity (Wildman–Crippen MR) is 49.6 cm³/mol. The van der Waals surface area contributed by atoms with E-state index >= 15 is 0 Å². The molecular formula is C10H9S. The fourth-order valence-corrected chi connectivity index (χ4v) is 1.02. The molecule has 1 heteroatoms. The van der Waals surface area contributed by atoms with Crippen LogP contribution >= 0.6 is 11.3 Å². The summed E-state index contributed by atoms with van der Waals surface area (Å²) in [5, 5.41) is 4.08. The van der Waals surface area contributed by atoms with Gasteiger partial charge in [0.15, 0.2) is 0 Å². The molecule has 0 bridgehead atoms. The quantitative estimate of drug-likeness (QED) is 0.556. The first-order valence-electron chi connectivity index (χ1n) is 3.38. The van der Waals surface area contributed by atoms with Gasteiger partial charge in [-0.25, -0.2) is 0 Å². The van der Waals surface area contributed by atoms with Crippen molar-refractivity contribution in [2.75, 3.05) is 0 Å². The summed E-state index contributed by atoms with van der Waals surface area (Å²) in [6.45, 7) is 0. The first-order chi connectivity index (χ1) is 5.50. The molecule has 0 aliphatic heterocycles. The minimum Gasteiger partial charge on any atom is -0.152 e. The Balaban J connectivity index is 0.000000112. The van der Waals surface area contributed by atoms with Crippen molar-refractivity contribution in [2.24, 2.45) is 0 Å². The summed E-state index contributed by atoms with van der Waals surface area (Å²) >= 11 is 1.71. The Hall–Kier alpha value is -1.08. The van der Waals surface area contributed by atoms with E-state index in [1.807, 2.05) is 53.2 Å². The highest BCUT2D eigenvalue weighted by molar-refractivity contribution is 7.07. The van der Waals surface area contributed by atoms with E-state index in [-0.39, 0.29) is 0 Å². The Morgan fingerprint density at radius 3 is 1.55 bits per heavy atom. The molecule has 0 fully saturated rings. The van der Waals surface area contributed by atoms with Crippen LogP contribution in [0.3, 0.4) is 0 Å². The van der Waals surface area contributed by atoms with E-state index in [4.69, 9.17) is 0 Å². The molecule has 1 aromatic carbocycles. The average Bonchev–Trinajstić information content (AvgIpc) is 2.64. The van der Waals surface area contributed by atoms with Gasteiger partial charge in [0.25, 0.3) is 0 Å². The molecule has 2 aromatic rings. The van der Waals surface area contributed by atoms with E-state index < -0.39 is 0 Å². The van der Waals surface area contributed by atoms with Crippen LogP contribution in [0.25, 0.3) is 0 Å². The van der Waals surface area contributed by atoms with Crippen LogP contribution in [-0.2, 0) is 0 Å². The van der Waals surface area contributed by atoms with Gasteiger partial charge in [0.2, 0.25) is 0 Å². The number of benzene rings is 1. The molecule has 0 saturated carbocycles. The van der Waals surface area contributed by atoms with Crippen LogP contribution in [0.1, 0.15) is 0 Å². The smallest absolute Gasteiger partial charge is 0.00934 e. The van der Waals surface area contributed by atoms with Crippen LogP contribution in [0.15, 0.2) is 53.2 Å². The van der Waals surface area contributed by atoms with Gasteiger partial charge in [0.1, 0.15) is 0 Å². The van der Waals surface area contributed by atoms with Crippen LogP contribution in [-0.4, -0.2) is 0 Å². The molecule has 11 heavy (non-hydrogen) atoms. The summed E-state index contributed by atoms with van der Waals surface area (Å²) in [5.74, 6) is 0. The zero-order valence-electron chi connectivity index (χ0n) is 6.10. The van der Waals surface area contributed by atoms with Crippen LogP contribution in [0, 0.1) is 6.07 Å². The highest BCUT2D eigenvalue weighted by atomic mass is 32.1. The Bertz CT molecular complexity index is 191. The standard InChI is InChI=1S/C6H5.C4H4S/c1-2-4-6-5-3-1;1-2-4-5-3-1/h1-5H;1-4H. The molecule has 0 N–H and O–H groups in total. The number of thiophene rings is 1. The van der Waals surface area contributed by atoms with Gasteiger partial charge >= 0.3 is 0 Å². The highest BCUT2D eigenvalue weighted by Gasteiger charge is 1.59. The van der Waals surface area contributed by atoms with Crippen LogP contribution in [0.2, 0.25) is 0 Å². The average molecular weight is 161 g/mol. The predicted octanol–water partition coefficient (Wildman–Crippen LogP) is 3.23. The van der Waals surface area contributed by atoms with Gasteiger partial charge in [0.05, 0.1) is 0 Å². The van der Waals surface area contributed by atoms with Crippen molar-refractivity contribution in [3.8, 4) is 0 Å². The molecule has 1 radical (unpaired) electrons. The van der Waals surface area contributed by atoms with E-state index in [1.54, 1.807) is 11.3 Å². The molecule has 0 nitrogen and oxygen atoms in total. The molecule has 0 aliphatic rings. The molecule has 0 amide bonds. The van der Waals surface area contributed by atoms with E-state index in [0.717, 1.165) is 0 Å². The van der Waals surface area contributed by atoms with Crippen LogP contribution in [0.5, 0.6) is 0 Å². The zero-order valence-corrected chi connectivity index (χ0v) is 6.92. The Morgan fingerprint density at radius 1 is 0.727 bits per heavy atom. The van der Waals surface area contributed by atoms with E-state index in [2.05, 4.69) is 6.07 Å². The summed E-state index contributed by atoms with van der Waals surface area (Å²) in [5.41, 5.74) is 0. The molecule has 0 atom stereocenters. The third kappa shape index (κ3) is 4.34. The molecular weight excluding hydrogens is 152 g/mol. The largest absolute Gasteiger partial charge is 0.152 e. The van der Waals surface area contributed by atoms with Crippen molar-refractivity contribution in [1.29, 1.82) is 0 Å². The van der Waals surface area contributed by atoms with Gasteiger partial charge in [-0.2, -0.15) is 11.3 Å². The monoisotopic (exact) mass is 161 g/mol. The highest BCUT2D eigenvalue weighted by Crippen LogP contribution is 1.91. The normalized spacial score (nSPS) is 8.00. The first kappa shape index (κ1) is 8.02. The molecule has 0 spiro atoms. The van der Waals surface area contributed by atoms with Gasteiger partial charge < -0.3 is 0 Å². The molecule has 1 heterocycles. The fourth-order valence-electron chi connectivity index (χ4n) is 0.569. The second-order valence-electron chi connectivity index (χ2n) is 1.87. The van der Waals surface area contributed by atoms with Gasteiger partial charge in [-0.3, -0.25) is 0 Å². The lowest BCUT2D eigenvalue weighted by Crippen LogP contribution is -1.49. The topological polar surface area (TPSA) is 0 Å². The van der Waals surface area contributed by atoms with Crippen molar-refractivity contribution in [1.82, 2.24) is 0 Å². The second kappa shape index (κ2) is 5.69. The number of hydrogen-bond donors (Lipinski definition) is 0. The molecule has 2 rings (SSSR count). The van der Waals surface area contributed by atoms with Crippen molar-refractivity contribution < 1.29 is 0 Å². The maximum atomic E-state index is 2.89. The van der Waals surface area contributed by atoms with Gasteiger partial charge in [-0.15, -0.1) is 0 Å². The molecule has 0 saturated heterocycles. The molecule has 0 unspecified atom stereocenters. The lowest BCUT2D eigenvalue weighted by Gasteiger charge is -1.68. The van der Waals surface area contributed by atoms with E-state index in [9.17, 15) is 0 Å². The minimum absolute atomic E-state index is 1.71. The third-order valence-electron chi connectivity index (χ3n) is 1.03. The maximum Gasteiger partial charge on any atom is -0.00934 e. The van der Waals surface area contributed by atoms with Crippen molar-refractivity contribution in [2.45, 2.75) is 0 Å². The van der Waals surface area contributed by atoms with Crippen LogP contribution in [0.4, 0.5) is 0 Å². The summed E-state index contributed by atoms with van der Waals surface area (Å²) in [4.78, 5) is 0. The molecule has 0 aliphatic carbocycles. The number of hydrogen-bond acceptors (Lipinski definition) is 1. The van der Waals surface area contributed by atoms with Gasteiger partial charge in [-0.05, 0) is 16.8 Å².